The average Bonchev–Trinajstić information content (AvgIpc) is 2.53. The van der Waals surface area contributed by atoms with E-state index in [9.17, 15) is 14.4 Å². The fraction of sp³-hybridized carbons (Fsp3) is 0.786. The first-order valence-electron chi connectivity index (χ1n) is 7.16. The van der Waals surface area contributed by atoms with Gasteiger partial charge in [-0.15, -0.1) is 0 Å². The van der Waals surface area contributed by atoms with Gasteiger partial charge in [-0.1, -0.05) is 6.92 Å². The zero-order chi connectivity index (χ0) is 15.8. The van der Waals surface area contributed by atoms with Gasteiger partial charge in [0.1, 0.15) is 0 Å². The SMILES string of the molecule is CCN(CC(=O)OC)CC(=O)N1CCC(C(=O)OC)CC1. The topological polar surface area (TPSA) is 76.2 Å². The lowest BCUT2D eigenvalue weighted by atomic mass is 9.97. The van der Waals surface area contributed by atoms with Crippen molar-refractivity contribution in [1.82, 2.24) is 9.80 Å². The van der Waals surface area contributed by atoms with Gasteiger partial charge < -0.3 is 14.4 Å². The van der Waals surface area contributed by atoms with Crippen LogP contribution < -0.4 is 0 Å². The largest absolute Gasteiger partial charge is 0.469 e. The Kier molecular flexibility index (Phi) is 7.14. The molecule has 7 heteroatoms. The third-order valence-corrected chi connectivity index (χ3v) is 3.77. The van der Waals surface area contributed by atoms with E-state index in [2.05, 4.69) is 4.74 Å². The van der Waals surface area contributed by atoms with Crippen LogP contribution in [0.15, 0.2) is 0 Å². The molecule has 1 heterocycles. The van der Waals surface area contributed by atoms with Crippen LogP contribution >= 0.6 is 0 Å². The van der Waals surface area contributed by atoms with Crippen LogP contribution in [-0.2, 0) is 23.9 Å². The molecule has 1 aliphatic rings. The molecule has 1 fully saturated rings. The number of hydrogen-bond donors (Lipinski definition) is 0. The number of likely N-dealkylation sites (tertiary alicyclic amines) is 1. The molecule has 0 radical (unpaired) electrons. The van der Waals surface area contributed by atoms with Gasteiger partial charge in [0.2, 0.25) is 5.91 Å². The molecule has 1 amide bonds. The highest BCUT2D eigenvalue weighted by Crippen LogP contribution is 2.18. The van der Waals surface area contributed by atoms with Crippen LogP contribution in [0.2, 0.25) is 0 Å². The van der Waals surface area contributed by atoms with Gasteiger partial charge in [0, 0.05) is 13.1 Å². The number of rotatable bonds is 6. The van der Waals surface area contributed by atoms with Crippen LogP contribution in [0.1, 0.15) is 19.8 Å². The zero-order valence-corrected chi connectivity index (χ0v) is 13.0. The predicted octanol–water partition coefficient (Wildman–Crippen LogP) is -0.107. The number of carbonyl (C=O) groups excluding carboxylic acids is 3. The predicted molar refractivity (Wildman–Crippen MR) is 75.5 cm³/mol. The van der Waals surface area contributed by atoms with Gasteiger partial charge >= 0.3 is 11.9 Å². The first-order valence-corrected chi connectivity index (χ1v) is 7.16. The molecule has 0 bridgehead atoms. The monoisotopic (exact) mass is 300 g/mol. The Labute approximate surface area is 125 Å². The van der Waals surface area contributed by atoms with E-state index >= 15 is 0 Å². The van der Waals surface area contributed by atoms with Crippen LogP contribution in [0.4, 0.5) is 0 Å². The Morgan fingerprint density at radius 1 is 1.10 bits per heavy atom. The van der Waals surface area contributed by atoms with Crippen molar-refractivity contribution >= 4 is 17.8 Å². The summed E-state index contributed by atoms with van der Waals surface area (Å²) in [7, 11) is 2.71. The van der Waals surface area contributed by atoms with Gasteiger partial charge in [-0.25, -0.2) is 0 Å². The molecule has 0 aromatic carbocycles. The fourth-order valence-corrected chi connectivity index (χ4v) is 2.35. The number of esters is 2. The van der Waals surface area contributed by atoms with Crippen molar-refractivity contribution < 1.29 is 23.9 Å². The van der Waals surface area contributed by atoms with Crippen LogP contribution in [0.3, 0.4) is 0 Å². The summed E-state index contributed by atoms with van der Waals surface area (Å²) in [6, 6.07) is 0. The van der Waals surface area contributed by atoms with E-state index in [1.807, 2.05) is 6.92 Å². The van der Waals surface area contributed by atoms with Gasteiger partial charge in [0.15, 0.2) is 0 Å². The van der Waals surface area contributed by atoms with Crippen molar-refractivity contribution in [2.24, 2.45) is 5.92 Å². The minimum absolute atomic E-state index is 0.0240. The molecule has 0 spiro atoms. The highest BCUT2D eigenvalue weighted by Gasteiger charge is 2.28. The summed E-state index contributed by atoms with van der Waals surface area (Å²) in [6.07, 6.45) is 1.25. The van der Waals surface area contributed by atoms with E-state index in [0.717, 1.165) is 0 Å². The molecule has 0 atom stereocenters. The number of ether oxygens (including phenoxy) is 2. The number of methoxy groups -OCH3 is 2. The molecule has 1 saturated heterocycles. The second-order valence-electron chi connectivity index (χ2n) is 5.06. The summed E-state index contributed by atoms with van der Waals surface area (Å²) in [6.45, 7) is 3.88. The Hall–Kier alpha value is -1.63. The lowest BCUT2D eigenvalue weighted by molar-refractivity contribution is -0.149. The first-order chi connectivity index (χ1) is 10.0. The highest BCUT2D eigenvalue weighted by atomic mass is 16.5. The quantitative estimate of drug-likeness (QED) is 0.637. The maximum atomic E-state index is 12.2. The minimum Gasteiger partial charge on any atom is -0.469 e. The molecule has 120 valence electrons. The van der Waals surface area contributed by atoms with Crippen LogP contribution in [0.5, 0.6) is 0 Å². The summed E-state index contributed by atoms with van der Waals surface area (Å²) in [4.78, 5) is 38.4. The lowest BCUT2D eigenvalue weighted by Crippen LogP contribution is -2.46. The lowest BCUT2D eigenvalue weighted by Gasteiger charge is -2.32. The van der Waals surface area contributed by atoms with Gasteiger partial charge in [0.05, 0.1) is 33.2 Å². The first kappa shape index (κ1) is 17.4. The second-order valence-corrected chi connectivity index (χ2v) is 5.06. The summed E-state index contributed by atoms with van der Waals surface area (Å²) >= 11 is 0. The van der Waals surface area contributed by atoms with Crippen molar-refractivity contribution in [3.63, 3.8) is 0 Å². The molecule has 0 aromatic heterocycles. The molecule has 1 rings (SSSR count). The van der Waals surface area contributed by atoms with Gasteiger partial charge in [-0.05, 0) is 19.4 Å². The van der Waals surface area contributed by atoms with E-state index < -0.39 is 0 Å². The number of carbonyl (C=O) groups is 3. The summed E-state index contributed by atoms with van der Waals surface area (Å²) in [5.74, 6) is -0.697. The standard InChI is InChI=1S/C14H24N2O5/c1-4-15(10-13(18)20-2)9-12(17)16-7-5-11(6-8-16)14(19)21-3/h11H,4-10H2,1-3H3. The number of nitrogens with zero attached hydrogens (tertiary/aromatic N) is 2. The molecule has 0 N–H and O–H groups in total. The number of piperidine rings is 1. The van der Waals surface area contributed by atoms with E-state index in [1.54, 1.807) is 9.80 Å². The molecular formula is C14H24N2O5. The van der Waals surface area contributed by atoms with Crippen LogP contribution in [-0.4, -0.2) is 74.6 Å². The van der Waals surface area contributed by atoms with E-state index in [4.69, 9.17) is 4.74 Å². The highest BCUT2D eigenvalue weighted by molar-refractivity contribution is 5.80. The van der Waals surface area contributed by atoms with Gasteiger partial charge in [-0.2, -0.15) is 0 Å². The van der Waals surface area contributed by atoms with Gasteiger partial charge in [0.25, 0.3) is 0 Å². The van der Waals surface area contributed by atoms with E-state index in [-0.39, 0.29) is 36.9 Å². The third-order valence-electron chi connectivity index (χ3n) is 3.77. The molecule has 0 unspecified atom stereocenters. The fourth-order valence-electron chi connectivity index (χ4n) is 2.35. The summed E-state index contributed by atoms with van der Waals surface area (Å²) in [5.41, 5.74) is 0. The normalized spacial score (nSPS) is 15.9. The average molecular weight is 300 g/mol. The second kappa shape index (κ2) is 8.61. The van der Waals surface area contributed by atoms with Crippen molar-refractivity contribution in [3.8, 4) is 0 Å². The van der Waals surface area contributed by atoms with Crippen molar-refractivity contribution in [2.45, 2.75) is 19.8 Å². The number of amides is 1. The molecule has 1 aliphatic heterocycles. The van der Waals surface area contributed by atoms with Crippen LogP contribution in [0.25, 0.3) is 0 Å². The Balaban J connectivity index is 2.42. The Morgan fingerprint density at radius 2 is 1.71 bits per heavy atom. The Morgan fingerprint density at radius 3 is 2.19 bits per heavy atom. The van der Waals surface area contributed by atoms with Crippen LogP contribution in [0, 0.1) is 5.92 Å². The van der Waals surface area contributed by atoms with Crippen molar-refractivity contribution in [3.05, 3.63) is 0 Å². The van der Waals surface area contributed by atoms with Crippen molar-refractivity contribution in [2.75, 3.05) is 46.9 Å². The third kappa shape index (κ3) is 5.34. The summed E-state index contributed by atoms with van der Waals surface area (Å²) < 4.78 is 9.33. The minimum atomic E-state index is -0.353. The zero-order valence-electron chi connectivity index (χ0n) is 13.0. The molecule has 21 heavy (non-hydrogen) atoms. The van der Waals surface area contributed by atoms with Crippen molar-refractivity contribution in [1.29, 1.82) is 0 Å². The number of likely N-dealkylation sites (N-methyl/N-ethyl adjacent to an activating group) is 1. The van der Waals surface area contributed by atoms with E-state index in [0.29, 0.717) is 32.5 Å². The maximum Gasteiger partial charge on any atom is 0.319 e. The molecule has 0 aliphatic carbocycles. The maximum absolute atomic E-state index is 12.2. The Bertz CT molecular complexity index is 378. The van der Waals surface area contributed by atoms with E-state index in [1.165, 1.54) is 14.2 Å². The van der Waals surface area contributed by atoms with Gasteiger partial charge in [-0.3, -0.25) is 19.3 Å². The molecule has 0 aromatic rings. The number of hydrogen-bond acceptors (Lipinski definition) is 6. The molecular weight excluding hydrogens is 276 g/mol. The molecule has 7 nitrogen and oxygen atoms in total. The summed E-state index contributed by atoms with van der Waals surface area (Å²) in [5, 5.41) is 0. The molecule has 0 saturated carbocycles. The smallest absolute Gasteiger partial charge is 0.319 e.